The molecule has 1 aliphatic heterocycles. The van der Waals surface area contributed by atoms with E-state index in [1.807, 2.05) is 6.92 Å². The number of carbonyl (C=O) groups is 1. The van der Waals surface area contributed by atoms with Crippen molar-refractivity contribution >= 4 is 38.9 Å². The Hall–Kier alpha value is -2.53. The Morgan fingerprint density at radius 3 is 2.39 bits per heavy atom. The molecule has 1 amide bonds. The van der Waals surface area contributed by atoms with Gasteiger partial charge in [0.1, 0.15) is 0 Å². The molecule has 2 N–H and O–H groups in total. The van der Waals surface area contributed by atoms with Gasteiger partial charge in [0.05, 0.1) is 46.7 Å². The highest BCUT2D eigenvalue weighted by molar-refractivity contribution is 7.89. The number of anilines is 1. The lowest BCUT2D eigenvalue weighted by atomic mass is 10.2. The summed E-state index contributed by atoms with van der Waals surface area (Å²) in [7, 11) is -3.58. The number of carbonyl (C=O) groups excluding carboxylic acids is 1. The lowest BCUT2D eigenvalue weighted by Gasteiger charge is -2.34. The molecule has 1 atom stereocenters. The van der Waals surface area contributed by atoms with E-state index in [1.54, 1.807) is 31.2 Å². The maximum atomic E-state index is 12.8. The lowest BCUT2D eigenvalue weighted by molar-refractivity contribution is -0.917. The Morgan fingerprint density at radius 1 is 1.19 bits per heavy atom. The van der Waals surface area contributed by atoms with Gasteiger partial charge in [0.15, 0.2) is 6.04 Å². The van der Waals surface area contributed by atoms with Crippen LogP contribution in [0.2, 0.25) is 5.02 Å². The predicted molar refractivity (Wildman–Crippen MR) is 117 cm³/mol. The maximum absolute atomic E-state index is 12.8. The van der Waals surface area contributed by atoms with Gasteiger partial charge in [-0.2, -0.15) is 4.31 Å². The number of non-ortho nitro benzene ring substituents is 1. The molecule has 3 rings (SSSR count). The number of nitro groups is 1. The quantitative estimate of drug-likeness (QED) is 0.493. The summed E-state index contributed by atoms with van der Waals surface area (Å²) >= 11 is 6.06. The van der Waals surface area contributed by atoms with Crippen molar-refractivity contribution in [2.24, 2.45) is 0 Å². The number of hydrogen-bond donors (Lipinski definition) is 2. The fourth-order valence-electron chi connectivity index (χ4n) is 3.46. The van der Waals surface area contributed by atoms with Crippen molar-refractivity contribution in [3.05, 3.63) is 63.2 Å². The number of halogens is 1. The van der Waals surface area contributed by atoms with E-state index in [2.05, 4.69) is 5.32 Å². The number of sulfonamides is 1. The van der Waals surface area contributed by atoms with E-state index in [0.717, 1.165) is 10.5 Å². The van der Waals surface area contributed by atoms with Crippen LogP contribution in [0.4, 0.5) is 11.4 Å². The van der Waals surface area contributed by atoms with Crippen molar-refractivity contribution in [2.75, 3.05) is 31.5 Å². The van der Waals surface area contributed by atoms with E-state index >= 15 is 0 Å². The fraction of sp³-hybridized carbons (Fsp3) is 0.350. The van der Waals surface area contributed by atoms with Gasteiger partial charge in [0.2, 0.25) is 10.0 Å². The molecule has 9 nitrogen and oxygen atoms in total. The fourth-order valence-corrected chi connectivity index (χ4v) is 5.06. The van der Waals surface area contributed by atoms with Crippen LogP contribution < -0.4 is 10.2 Å². The van der Waals surface area contributed by atoms with E-state index < -0.39 is 21.0 Å². The molecule has 1 heterocycles. The molecule has 166 valence electrons. The number of quaternary nitrogens is 1. The second-order valence-corrected chi connectivity index (χ2v) is 9.85. The van der Waals surface area contributed by atoms with E-state index in [-0.39, 0.29) is 27.2 Å². The number of nitro benzene ring substituents is 1. The summed E-state index contributed by atoms with van der Waals surface area (Å²) in [4.78, 5) is 24.3. The van der Waals surface area contributed by atoms with Crippen molar-refractivity contribution in [3.63, 3.8) is 0 Å². The molecule has 0 aliphatic carbocycles. The molecule has 0 radical (unpaired) electrons. The van der Waals surface area contributed by atoms with Crippen LogP contribution in [-0.4, -0.2) is 55.8 Å². The van der Waals surface area contributed by atoms with Gasteiger partial charge in [0, 0.05) is 12.1 Å². The first-order chi connectivity index (χ1) is 14.6. The molecule has 1 aliphatic rings. The maximum Gasteiger partial charge on any atom is 0.282 e. The number of piperazine rings is 1. The molecule has 0 saturated carbocycles. The van der Waals surface area contributed by atoms with Crippen molar-refractivity contribution in [3.8, 4) is 0 Å². The van der Waals surface area contributed by atoms with Gasteiger partial charge in [-0.1, -0.05) is 29.3 Å². The van der Waals surface area contributed by atoms with Crippen LogP contribution in [0.1, 0.15) is 12.5 Å². The smallest absolute Gasteiger partial charge is 0.282 e. The minimum absolute atomic E-state index is 0.172. The van der Waals surface area contributed by atoms with Crippen molar-refractivity contribution in [1.82, 2.24) is 4.31 Å². The first-order valence-corrected chi connectivity index (χ1v) is 11.6. The van der Waals surface area contributed by atoms with Crippen molar-refractivity contribution < 1.29 is 23.0 Å². The van der Waals surface area contributed by atoms with Crippen LogP contribution in [0.25, 0.3) is 0 Å². The van der Waals surface area contributed by atoms with Gasteiger partial charge in [-0.05, 0) is 32.0 Å². The highest BCUT2D eigenvalue weighted by Crippen LogP contribution is 2.26. The van der Waals surface area contributed by atoms with Crippen molar-refractivity contribution in [2.45, 2.75) is 24.8 Å². The van der Waals surface area contributed by atoms with Crippen LogP contribution in [0.5, 0.6) is 0 Å². The van der Waals surface area contributed by atoms with Gasteiger partial charge in [-0.15, -0.1) is 0 Å². The highest BCUT2D eigenvalue weighted by Gasteiger charge is 2.34. The summed E-state index contributed by atoms with van der Waals surface area (Å²) < 4.78 is 27.1. The Labute approximate surface area is 185 Å². The second-order valence-electron chi connectivity index (χ2n) is 7.51. The number of benzene rings is 2. The average Bonchev–Trinajstić information content (AvgIpc) is 2.75. The zero-order valence-corrected chi connectivity index (χ0v) is 18.7. The minimum Gasteiger partial charge on any atom is -0.323 e. The number of rotatable bonds is 6. The van der Waals surface area contributed by atoms with E-state index in [9.17, 15) is 23.3 Å². The summed E-state index contributed by atoms with van der Waals surface area (Å²) in [6, 6.07) is 10.1. The third-order valence-electron chi connectivity index (χ3n) is 5.45. The van der Waals surface area contributed by atoms with Crippen LogP contribution >= 0.6 is 11.6 Å². The Kier molecular flexibility index (Phi) is 6.95. The molecule has 11 heteroatoms. The largest absolute Gasteiger partial charge is 0.323 e. The lowest BCUT2D eigenvalue weighted by Crippen LogP contribution is -3.19. The molecule has 1 fully saturated rings. The third kappa shape index (κ3) is 5.21. The van der Waals surface area contributed by atoms with E-state index in [4.69, 9.17) is 11.6 Å². The Morgan fingerprint density at radius 2 is 1.81 bits per heavy atom. The van der Waals surface area contributed by atoms with Crippen LogP contribution in [0.3, 0.4) is 0 Å². The van der Waals surface area contributed by atoms with E-state index in [1.165, 1.54) is 22.5 Å². The average molecular weight is 468 g/mol. The summed E-state index contributed by atoms with van der Waals surface area (Å²) in [5, 5.41) is 13.8. The molecule has 0 bridgehead atoms. The highest BCUT2D eigenvalue weighted by atomic mass is 35.5. The number of aryl methyl sites for hydroxylation is 1. The number of amides is 1. The summed E-state index contributed by atoms with van der Waals surface area (Å²) in [5.74, 6) is -0.341. The molecule has 2 aromatic carbocycles. The number of nitrogens with one attached hydrogen (secondary N) is 2. The Balaban J connectivity index is 1.63. The number of nitrogens with zero attached hydrogens (tertiary/aromatic N) is 2. The normalized spacial score (nSPS) is 16.6. The molecule has 0 spiro atoms. The Bertz CT molecular complexity index is 1080. The first-order valence-electron chi connectivity index (χ1n) is 9.76. The standard InChI is InChI=1S/C20H23ClN4O5S/c1-14-3-6-17(7-4-14)31(29,30)24-11-9-23(10-12-24)15(2)20(26)22-19-13-16(25(27)28)5-8-18(19)21/h3-8,13,15H,9-12H2,1-2H3,(H,22,26)/p+1/t15-/m0/s1. The predicted octanol–water partition coefficient (Wildman–Crippen LogP) is 1.47. The first kappa shape index (κ1) is 23.1. The van der Waals surface area contributed by atoms with Gasteiger partial charge < -0.3 is 10.2 Å². The minimum atomic E-state index is -3.58. The molecular formula is C20H24ClN4O5S+. The molecule has 31 heavy (non-hydrogen) atoms. The molecular weight excluding hydrogens is 444 g/mol. The molecule has 1 saturated heterocycles. The molecule has 0 aromatic heterocycles. The van der Waals surface area contributed by atoms with Crippen molar-refractivity contribution in [1.29, 1.82) is 0 Å². The van der Waals surface area contributed by atoms with Gasteiger partial charge in [-0.3, -0.25) is 14.9 Å². The van der Waals surface area contributed by atoms with E-state index in [0.29, 0.717) is 26.2 Å². The number of hydrogen-bond acceptors (Lipinski definition) is 5. The summed E-state index contributed by atoms with van der Waals surface area (Å²) in [6.45, 7) is 5.14. The van der Waals surface area contributed by atoms with Gasteiger partial charge in [-0.25, -0.2) is 8.42 Å². The van der Waals surface area contributed by atoms with Crippen LogP contribution in [0.15, 0.2) is 47.4 Å². The zero-order chi connectivity index (χ0) is 22.8. The van der Waals surface area contributed by atoms with Crippen LogP contribution in [0, 0.1) is 17.0 Å². The zero-order valence-electron chi connectivity index (χ0n) is 17.2. The third-order valence-corrected chi connectivity index (χ3v) is 7.69. The van der Waals surface area contributed by atoms with Gasteiger partial charge in [0.25, 0.3) is 11.6 Å². The SMILES string of the molecule is Cc1ccc(S(=O)(=O)N2CC[NH+]([C@@H](C)C(=O)Nc3cc([N+](=O)[O-])ccc3Cl)CC2)cc1. The second kappa shape index (κ2) is 9.31. The molecule has 2 aromatic rings. The summed E-state index contributed by atoms with van der Waals surface area (Å²) in [5.41, 5.74) is 0.985. The molecule has 0 unspecified atom stereocenters. The monoisotopic (exact) mass is 467 g/mol. The van der Waals surface area contributed by atoms with Crippen LogP contribution in [-0.2, 0) is 14.8 Å². The topological polar surface area (TPSA) is 114 Å². The van der Waals surface area contributed by atoms with Gasteiger partial charge >= 0.3 is 0 Å². The summed E-state index contributed by atoms with van der Waals surface area (Å²) in [6.07, 6.45) is 0.